The number of benzene rings is 3. The minimum absolute atomic E-state index is 0.0151. The monoisotopic (exact) mass is 656 g/mol. The van der Waals surface area contributed by atoms with Crippen LogP contribution in [-0.4, -0.2) is 38.8 Å². The first-order chi connectivity index (χ1) is 22.3. The zero-order chi connectivity index (χ0) is 33.6. The molecule has 14 heteroatoms. The van der Waals surface area contributed by atoms with E-state index in [1.54, 1.807) is 32.0 Å². The fraction of sp³-hybridized carbons (Fsp3) is 0.0909. The van der Waals surface area contributed by atoms with Crippen LogP contribution in [0.3, 0.4) is 0 Å². The third kappa shape index (κ3) is 5.70. The van der Waals surface area contributed by atoms with Crippen molar-refractivity contribution in [3.63, 3.8) is 0 Å². The lowest BCUT2D eigenvalue weighted by molar-refractivity contribution is -0.114. The number of nitrogens with zero attached hydrogens (tertiary/aromatic N) is 4. The molecule has 47 heavy (non-hydrogen) atoms. The highest BCUT2D eigenvalue weighted by Gasteiger charge is 2.30. The number of ether oxygens (including phenoxy) is 1. The maximum absolute atomic E-state index is 14.9. The first-order valence-electron chi connectivity index (χ1n) is 14.1. The number of carbonyl (C=O) groups is 2. The van der Waals surface area contributed by atoms with Crippen LogP contribution in [0, 0.1) is 25.5 Å². The lowest BCUT2D eigenvalue weighted by Crippen LogP contribution is -2.19. The number of hydrogen-bond donors (Lipinski definition) is 2. The second-order valence-electron chi connectivity index (χ2n) is 10.7. The van der Waals surface area contributed by atoms with Gasteiger partial charge in [-0.05, 0) is 61.9 Å². The van der Waals surface area contributed by atoms with E-state index in [0.717, 1.165) is 21.7 Å². The summed E-state index contributed by atoms with van der Waals surface area (Å²) in [5.74, 6) is -2.81. The molecule has 3 N–H and O–H groups in total. The van der Waals surface area contributed by atoms with Crippen molar-refractivity contribution in [2.45, 2.75) is 25.7 Å². The molecule has 0 aliphatic heterocycles. The SMILES string of the molecule is CC(=O)Nc1cc2c(cc1F)cc(C(=O)c1cnn(-c3cnc(Oc4ccccc4F)cc3C)c1N)n2S(=O)(=O)c1ccc(C)cc1. The zero-order valence-corrected chi connectivity index (χ0v) is 26.0. The highest BCUT2D eigenvalue weighted by molar-refractivity contribution is 7.90. The van der Waals surface area contributed by atoms with Gasteiger partial charge in [0.25, 0.3) is 10.0 Å². The van der Waals surface area contributed by atoms with Crippen LogP contribution in [0.4, 0.5) is 20.3 Å². The Morgan fingerprint density at radius 3 is 2.34 bits per heavy atom. The van der Waals surface area contributed by atoms with Crippen molar-refractivity contribution >= 4 is 44.1 Å². The topological polar surface area (TPSA) is 151 Å². The van der Waals surface area contributed by atoms with Crippen LogP contribution in [0.2, 0.25) is 0 Å². The number of carbonyl (C=O) groups excluding carboxylic acids is 2. The standard InChI is InChI=1S/C33H26F2N6O5S/c1-18-8-10-22(11-9-18)47(44,45)41-27-15-26(39-20(3)42)25(35)13-21(27)14-28(41)32(43)23-16-38-40(33(23)36)29-17-37-31(12-19(29)2)46-30-7-5-4-6-24(30)34/h4-17H,36H2,1-3H3,(H,39,42). The van der Waals surface area contributed by atoms with E-state index in [1.165, 1.54) is 66.5 Å². The fourth-order valence-corrected chi connectivity index (χ4v) is 6.53. The van der Waals surface area contributed by atoms with Crippen molar-refractivity contribution < 1.29 is 31.5 Å². The predicted octanol–water partition coefficient (Wildman–Crippen LogP) is 5.92. The number of hydrogen-bond acceptors (Lipinski definition) is 8. The Morgan fingerprint density at radius 1 is 0.936 bits per heavy atom. The van der Waals surface area contributed by atoms with Gasteiger partial charge in [-0.25, -0.2) is 30.8 Å². The summed E-state index contributed by atoms with van der Waals surface area (Å²) in [6.07, 6.45) is 2.57. The van der Waals surface area contributed by atoms with Crippen molar-refractivity contribution in [2.24, 2.45) is 0 Å². The number of pyridine rings is 1. The molecule has 1 amide bonds. The summed E-state index contributed by atoms with van der Waals surface area (Å²) < 4.78 is 64.8. The summed E-state index contributed by atoms with van der Waals surface area (Å²) in [5, 5.41) is 6.69. The normalized spacial score (nSPS) is 11.5. The van der Waals surface area contributed by atoms with Gasteiger partial charge in [0.2, 0.25) is 17.6 Å². The molecule has 0 aliphatic rings. The Morgan fingerprint density at radius 2 is 1.66 bits per heavy atom. The lowest BCUT2D eigenvalue weighted by atomic mass is 10.1. The van der Waals surface area contributed by atoms with Gasteiger partial charge in [-0.1, -0.05) is 29.8 Å². The minimum atomic E-state index is -4.44. The highest BCUT2D eigenvalue weighted by atomic mass is 32.2. The largest absolute Gasteiger partial charge is 0.436 e. The van der Waals surface area contributed by atoms with Crippen molar-refractivity contribution in [3.8, 4) is 17.3 Å². The van der Waals surface area contributed by atoms with E-state index in [2.05, 4.69) is 15.4 Å². The second-order valence-corrected chi connectivity index (χ2v) is 12.5. The number of amides is 1. The zero-order valence-electron chi connectivity index (χ0n) is 25.2. The van der Waals surface area contributed by atoms with Gasteiger partial charge >= 0.3 is 0 Å². The first-order valence-corrected chi connectivity index (χ1v) is 15.5. The summed E-state index contributed by atoms with van der Waals surface area (Å²) in [5.41, 5.74) is 7.38. The minimum Gasteiger partial charge on any atom is -0.436 e. The van der Waals surface area contributed by atoms with E-state index < -0.39 is 33.3 Å². The van der Waals surface area contributed by atoms with Crippen LogP contribution in [0.1, 0.15) is 34.1 Å². The van der Waals surface area contributed by atoms with Gasteiger partial charge in [0.1, 0.15) is 17.3 Å². The van der Waals surface area contributed by atoms with Crippen molar-refractivity contribution in [1.29, 1.82) is 0 Å². The number of rotatable bonds is 8. The number of aryl methyl sites for hydroxylation is 2. The molecule has 0 saturated carbocycles. The average Bonchev–Trinajstić information content (AvgIpc) is 3.59. The number of nitrogens with two attached hydrogens (primary N) is 1. The van der Waals surface area contributed by atoms with Crippen LogP contribution >= 0.6 is 0 Å². The third-order valence-corrected chi connectivity index (χ3v) is 9.08. The van der Waals surface area contributed by atoms with E-state index in [0.29, 0.717) is 11.3 Å². The Kier molecular flexibility index (Phi) is 7.81. The number of anilines is 2. The van der Waals surface area contributed by atoms with E-state index in [1.807, 2.05) is 0 Å². The summed E-state index contributed by atoms with van der Waals surface area (Å²) >= 11 is 0. The van der Waals surface area contributed by atoms with Crippen LogP contribution in [0.15, 0.2) is 90.1 Å². The fourth-order valence-electron chi connectivity index (χ4n) is 5.03. The number of ketones is 1. The van der Waals surface area contributed by atoms with Crippen LogP contribution in [-0.2, 0) is 14.8 Å². The van der Waals surface area contributed by atoms with Crippen LogP contribution < -0.4 is 15.8 Å². The average molecular weight is 657 g/mol. The van der Waals surface area contributed by atoms with Gasteiger partial charge in [0, 0.05) is 18.4 Å². The Labute approximate surface area is 267 Å². The maximum atomic E-state index is 14.9. The number of halogens is 2. The highest BCUT2D eigenvalue weighted by Crippen LogP contribution is 2.33. The molecule has 0 bridgehead atoms. The Bertz CT molecular complexity index is 2330. The van der Waals surface area contributed by atoms with Crippen LogP contribution in [0.5, 0.6) is 11.6 Å². The molecule has 0 aliphatic carbocycles. The molecule has 11 nitrogen and oxygen atoms in total. The van der Waals surface area contributed by atoms with E-state index in [9.17, 15) is 26.8 Å². The summed E-state index contributed by atoms with van der Waals surface area (Å²) in [6, 6.07) is 16.8. The molecular weight excluding hydrogens is 630 g/mol. The predicted molar refractivity (Wildman–Crippen MR) is 170 cm³/mol. The van der Waals surface area contributed by atoms with Crippen LogP contribution in [0.25, 0.3) is 16.6 Å². The van der Waals surface area contributed by atoms with Gasteiger partial charge in [-0.2, -0.15) is 5.10 Å². The molecule has 0 saturated heterocycles. The van der Waals surface area contributed by atoms with Gasteiger partial charge in [-0.15, -0.1) is 0 Å². The molecule has 3 aromatic carbocycles. The maximum Gasteiger partial charge on any atom is 0.268 e. The number of fused-ring (bicyclic) bond motifs is 1. The van der Waals surface area contributed by atoms with E-state index in [4.69, 9.17) is 10.5 Å². The Balaban J connectivity index is 1.45. The number of para-hydroxylation sites is 1. The smallest absolute Gasteiger partial charge is 0.268 e. The molecule has 238 valence electrons. The molecule has 0 unspecified atom stereocenters. The number of aromatic nitrogens is 4. The molecule has 0 radical (unpaired) electrons. The molecule has 0 atom stereocenters. The molecule has 3 heterocycles. The quantitative estimate of drug-likeness (QED) is 0.192. The van der Waals surface area contributed by atoms with Crippen molar-refractivity contribution in [2.75, 3.05) is 11.1 Å². The van der Waals surface area contributed by atoms with E-state index in [-0.39, 0.29) is 50.2 Å². The lowest BCUT2D eigenvalue weighted by Gasteiger charge is -2.13. The van der Waals surface area contributed by atoms with Gasteiger partial charge < -0.3 is 15.8 Å². The number of nitrogens with one attached hydrogen (secondary N) is 1. The first kappa shape index (κ1) is 31.1. The Hall–Kier alpha value is -5.89. The molecule has 0 fully saturated rings. The van der Waals surface area contributed by atoms with Crippen molar-refractivity contribution in [1.82, 2.24) is 18.7 Å². The van der Waals surface area contributed by atoms with Gasteiger partial charge in [0.05, 0.1) is 39.7 Å². The third-order valence-electron chi connectivity index (χ3n) is 7.34. The van der Waals surface area contributed by atoms with Gasteiger partial charge in [0.15, 0.2) is 11.6 Å². The second kappa shape index (κ2) is 11.8. The summed E-state index contributed by atoms with van der Waals surface area (Å²) in [6.45, 7) is 4.68. The molecular formula is C33H26F2N6O5S. The molecule has 0 spiro atoms. The summed E-state index contributed by atoms with van der Waals surface area (Å²) in [4.78, 5) is 29.9. The summed E-state index contributed by atoms with van der Waals surface area (Å²) in [7, 11) is -4.44. The molecule has 3 aromatic heterocycles. The number of nitrogen functional groups attached to an aromatic ring is 1. The van der Waals surface area contributed by atoms with Crippen molar-refractivity contribution in [3.05, 3.63) is 119 Å². The molecule has 6 rings (SSSR count). The van der Waals surface area contributed by atoms with Gasteiger partial charge in [-0.3, -0.25) is 9.59 Å². The van der Waals surface area contributed by atoms with E-state index >= 15 is 0 Å². The molecule has 6 aromatic rings.